The molecular formula is C16H16F2N2O3S. The highest BCUT2D eigenvalue weighted by Crippen LogP contribution is 2.17. The summed E-state index contributed by atoms with van der Waals surface area (Å²) >= 11 is 1.16. The first-order valence-corrected chi connectivity index (χ1v) is 8.03. The van der Waals surface area contributed by atoms with Crippen molar-refractivity contribution < 1.29 is 23.0 Å². The van der Waals surface area contributed by atoms with Crippen LogP contribution < -0.4 is 9.47 Å². The Morgan fingerprint density at radius 3 is 2.62 bits per heavy atom. The molecule has 5 nitrogen and oxygen atoms in total. The second-order valence-electron chi connectivity index (χ2n) is 4.93. The van der Waals surface area contributed by atoms with Crippen molar-refractivity contribution in [2.45, 2.75) is 18.2 Å². The van der Waals surface area contributed by atoms with Crippen molar-refractivity contribution >= 4 is 17.7 Å². The number of carbonyl (C=O) groups is 1. The Hall–Kier alpha value is -2.35. The van der Waals surface area contributed by atoms with Crippen LogP contribution in [0.1, 0.15) is 5.56 Å². The molecule has 0 spiro atoms. The van der Waals surface area contributed by atoms with Gasteiger partial charge in [0.05, 0.1) is 5.75 Å². The van der Waals surface area contributed by atoms with Crippen LogP contribution in [0.2, 0.25) is 0 Å². The monoisotopic (exact) mass is 354 g/mol. The van der Waals surface area contributed by atoms with Crippen molar-refractivity contribution in [2.24, 2.45) is 0 Å². The standard InChI is InChI=1S/C16H16F2N2O3S/c1-19(10-12-5-7-13(8-6-12)23-16(17)18)14(21)11-24-15-4-2-3-9-20(15)22/h2-9,16H,10-11H2,1H3. The zero-order valence-corrected chi connectivity index (χ0v) is 13.7. The molecule has 0 saturated heterocycles. The minimum absolute atomic E-state index is 0.0716. The highest BCUT2D eigenvalue weighted by atomic mass is 32.2. The van der Waals surface area contributed by atoms with Crippen LogP contribution >= 0.6 is 11.8 Å². The Labute approximate surface area is 142 Å². The van der Waals surface area contributed by atoms with Gasteiger partial charge in [-0.25, -0.2) is 0 Å². The normalized spacial score (nSPS) is 10.7. The van der Waals surface area contributed by atoms with Gasteiger partial charge in [-0.2, -0.15) is 13.5 Å². The van der Waals surface area contributed by atoms with Crippen molar-refractivity contribution in [2.75, 3.05) is 12.8 Å². The minimum Gasteiger partial charge on any atom is -0.618 e. The predicted molar refractivity (Wildman–Crippen MR) is 85.7 cm³/mol. The maximum Gasteiger partial charge on any atom is 0.387 e. The third kappa shape index (κ3) is 5.38. The zero-order valence-electron chi connectivity index (χ0n) is 12.9. The number of rotatable bonds is 7. The lowest BCUT2D eigenvalue weighted by molar-refractivity contribution is -0.645. The molecule has 0 radical (unpaired) electrons. The van der Waals surface area contributed by atoms with Crippen molar-refractivity contribution in [3.63, 3.8) is 0 Å². The molecule has 8 heteroatoms. The van der Waals surface area contributed by atoms with Gasteiger partial charge < -0.3 is 14.8 Å². The van der Waals surface area contributed by atoms with E-state index in [2.05, 4.69) is 4.74 Å². The molecule has 2 rings (SSSR count). The maximum atomic E-state index is 12.1. The number of halogens is 2. The first kappa shape index (κ1) is 18.0. The van der Waals surface area contributed by atoms with Crippen LogP contribution in [-0.4, -0.2) is 30.2 Å². The van der Waals surface area contributed by atoms with Crippen LogP contribution in [-0.2, 0) is 11.3 Å². The molecule has 1 aromatic heterocycles. The number of nitrogens with zero attached hydrogens (tertiary/aromatic N) is 2. The average molecular weight is 354 g/mol. The molecule has 1 aromatic carbocycles. The fourth-order valence-corrected chi connectivity index (χ4v) is 2.76. The van der Waals surface area contributed by atoms with Crippen molar-refractivity contribution in [1.82, 2.24) is 4.90 Å². The summed E-state index contributed by atoms with van der Waals surface area (Å²) in [4.78, 5) is 13.6. The van der Waals surface area contributed by atoms with Gasteiger partial charge in [0.1, 0.15) is 5.75 Å². The van der Waals surface area contributed by atoms with Gasteiger partial charge in [0.15, 0.2) is 6.20 Å². The van der Waals surface area contributed by atoms with Crippen molar-refractivity contribution in [3.8, 4) is 5.75 Å². The number of aromatic nitrogens is 1. The summed E-state index contributed by atoms with van der Waals surface area (Å²) in [7, 11) is 1.64. The van der Waals surface area contributed by atoms with E-state index in [1.165, 1.54) is 23.2 Å². The SMILES string of the molecule is CN(Cc1ccc(OC(F)F)cc1)C(=O)CSc1cccc[n+]1[O-]. The van der Waals surface area contributed by atoms with Gasteiger partial charge >= 0.3 is 6.61 Å². The molecule has 0 aliphatic carbocycles. The van der Waals surface area contributed by atoms with Gasteiger partial charge in [0.2, 0.25) is 5.91 Å². The first-order valence-electron chi connectivity index (χ1n) is 7.04. The molecule has 0 unspecified atom stereocenters. The number of hydrogen-bond acceptors (Lipinski definition) is 4. The Morgan fingerprint density at radius 1 is 1.29 bits per heavy atom. The molecule has 0 fully saturated rings. The average Bonchev–Trinajstić information content (AvgIpc) is 2.55. The summed E-state index contributed by atoms with van der Waals surface area (Å²) in [5, 5.41) is 12.0. The number of ether oxygens (including phenoxy) is 1. The smallest absolute Gasteiger partial charge is 0.387 e. The highest BCUT2D eigenvalue weighted by molar-refractivity contribution is 7.99. The number of benzene rings is 1. The number of amides is 1. The van der Waals surface area contributed by atoms with Crippen LogP contribution in [0.5, 0.6) is 5.75 Å². The number of hydrogen-bond donors (Lipinski definition) is 0. The molecule has 0 aliphatic heterocycles. The Balaban J connectivity index is 1.86. The van der Waals surface area contributed by atoms with E-state index in [0.717, 1.165) is 17.3 Å². The molecule has 1 heterocycles. The lowest BCUT2D eigenvalue weighted by Crippen LogP contribution is -2.31. The summed E-state index contributed by atoms with van der Waals surface area (Å²) < 4.78 is 29.2. The van der Waals surface area contributed by atoms with Gasteiger partial charge in [-0.15, -0.1) is 0 Å². The molecular weight excluding hydrogens is 338 g/mol. The summed E-state index contributed by atoms with van der Waals surface area (Å²) in [6.45, 7) is -2.53. The summed E-state index contributed by atoms with van der Waals surface area (Å²) in [6.07, 6.45) is 1.37. The molecule has 0 saturated carbocycles. The van der Waals surface area contributed by atoms with E-state index in [1.54, 1.807) is 37.4 Å². The zero-order chi connectivity index (χ0) is 17.5. The minimum atomic E-state index is -2.86. The lowest BCUT2D eigenvalue weighted by Gasteiger charge is -2.17. The second-order valence-corrected chi connectivity index (χ2v) is 5.92. The molecule has 0 N–H and O–H groups in total. The van der Waals surface area contributed by atoms with Gasteiger partial charge in [0.25, 0.3) is 5.03 Å². The third-order valence-electron chi connectivity index (χ3n) is 3.13. The maximum absolute atomic E-state index is 12.1. The Morgan fingerprint density at radius 2 is 2.00 bits per heavy atom. The van der Waals surface area contributed by atoms with Crippen LogP contribution in [0.25, 0.3) is 0 Å². The number of thioether (sulfide) groups is 1. The Kier molecular flexibility index (Phi) is 6.36. The van der Waals surface area contributed by atoms with Gasteiger partial charge in [-0.3, -0.25) is 4.79 Å². The molecule has 1 amide bonds. The predicted octanol–water partition coefficient (Wildman–Crippen LogP) is 2.67. The van der Waals surface area contributed by atoms with Crippen molar-refractivity contribution in [1.29, 1.82) is 0 Å². The highest BCUT2D eigenvalue weighted by Gasteiger charge is 2.13. The molecule has 24 heavy (non-hydrogen) atoms. The number of alkyl halides is 2. The van der Waals surface area contributed by atoms with E-state index < -0.39 is 6.61 Å². The first-order chi connectivity index (χ1) is 11.5. The summed E-state index contributed by atoms with van der Waals surface area (Å²) in [5.41, 5.74) is 0.788. The van der Waals surface area contributed by atoms with E-state index in [1.807, 2.05) is 0 Å². The molecule has 2 aromatic rings. The lowest BCUT2D eigenvalue weighted by atomic mass is 10.2. The van der Waals surface area contributed by atoms with E-state index in [0.29, 0.717) is 16.3 Å². The third-order valence-corrected chi connectivity index (χ3v) is 4.13. The van der Waals surface area contributed by atoms with Crippen LogP contribution in [0.15, 0.2) is 53.7 Å². The second kappa shape index (κ2) is 8.49. The van der Waals surface area contributed by atoms with Crippen LogP contribution in [0, 0.1) is 5.21 Å². The topological polar surface area (TPSA) is 56.5 Å². The Bertz CT molecular complexity index is 683. The largest absolute Gasteiger partial charge is 0.618 e. The van der Waals surface area contributed by atoms with E-state index in [9.17, 15) is 18.8 Å². The van der Waals surface area contributed by atoms with Crippen LogP contribution in [0.3, 0.4) is 0 Å². The summed E-state index contributed by atoms with van der Waals surface area (Å²) in [6, 6.07) is 11.1. The fraction of sp³-hybridized carbons (Fsp3) is 0.250. The molecule has 128 valence electrons. The number of pyridine rings is 1. The number of carbonyl (C=O) groups excluding carboxylic acids is 1. The molecule has 0 aliphatic rings. The quantitative estimate of drug-likeness (QED) is 0.436. The molecule has 0 atom stereocenters. The van der Waals surface area contributed by atoms with E-state index >= 15 is 0 Å². The fourth-order valence-electron chi connectivity index (χ4n) is 1.91. The van der Waals surface area contributed by atoms with Crippen molar-refractivity contribution in [3.05, 3.63) is 59.4 Å². The molecule has 0 bridgehead atoms. The van der Waals surface area contributed by atoms with E-state index in [4.69, 9.17) is 0 Å². The van der Waals surface area contributed by atoms with Crippen LogP contribution in [0.4, 0.5) is 8.78 Å². The van der Waals surface area contributed by atoms with Gasteiger partial charge in [-0.05, 0) is 35.5 Å². The summed E-state index contributed by atoms with van der Waals surface area (Å²) in [5.74, 6) is 0.0640. The van der Waals surface area contributed by atoms with E-state index in [-0.39, 0.29) is 17.4 Å². The van der Waals surface area contributed by atoms with Gasteiger partial charge in [0, 0.05) is 25.7 Å². The van der Waals surface area contributed by atoms with Gasteiger partial charge in [-0.1, -0.05) is 12.1 Å².